The number of hydrogen-bond donors (Lipinski definition) is 1. The third-order valence-corrected chi connectivity index (χ3v) is 4.18. The van der Waals surface area contributed by atoms with Gasteiger partial charge in [-0.05, 0) is 47.7 Å². The summed E-state index contributed by atoms with van der Waals surface area (Å²) < 4.78 is 5.79. The van der Waals surface area contributed by atoms with Crippen LogP contribution in [0.4, 0.5) is 0 Å². The molecule has 0 fully saturated rings. The Hall–Kier alpha value is -2.24. The van der Waals surface area contributed by atoms with Crippen LogP contribution in [0.1, 0.15) is 11.1 Å². The maximum absolute atomic E-state index is 11.8. The summed E-state index contributed by atoms with van der Waals surface area (Å²) in [5.41, 5.74) is 2.29. The van der Waals surface area contributed by atoms with E-state index in [1.165, 1.54) is 11.8 Å². The first kappa shape index (κ1) is 16.6. The molecule has 4 nitrogen and oxygen atoms in total. The Labute approximate surface area is 149 Å². The number of carbonyl (C=O) groups excluding carboxylic acids is 1. The Bertz CT molecular complexity index is 816. The smallest absolute Gasteiger partial charge is 0.275 e. The molecule has 1 N–H and O–H groups in total. The van der Waals surface area contributed by atoms with E-state index in [1.807, 2.05) is 54.8 Å². The second-order valence-electron chi connectivity index (χ2n) is 5.09. The molecule has 0 aromatic heterocycles. The number of benzene rings is 2. The van der Waals surface area contributed by atoms with Gasteiger partial charge in [0.2, 0.25) is 0 Å². The van der Waals surface area contributed by atoms with Gasteiger partial charge in [0.05, 0.1) is 0 Å². The molecule has 0 spiro atoms. The van der Waals surface area contributed by atoms with E-state index in [1.54, 1.807) is 6.08 Å². The Morgan fingerprint density at radius 2 is 2.04 bits per heavy atom. The molecule has 3 rings (SSSR count). The quantitative estimate of drug-likeness (QED) is 0.837. The summed E-state index contributed by atoms with van der Waals surface area (Å²) in [7, 11) is 0. The molecule has 24 heavy (non-hydrogen) atoms. The van der Waals surface area contributed by atoms with E-state index in [-0.39, 0.29) is 5.91 Å². The lowest BCUT2D eigenvalue weighted by Gasteiger charge is -2.07. The van der Waals surface area contributed by atoms with Crippen LogP contribution < -0.4 is 10.1 Å². The number of amidine groups is 1. The lowest BCUT2D eigenvalue weighted by Crippen LogP contribution is -2.21. The van der Waals surface area contributed by atoms with Crippen molar-refractivity contribution in [2.24, 2.45) is 4.99 Å². The van der Waals surface area contributed by atoms with Crippen molar-refractivity contribution >= 4 is 40.5 Å². The molecule has 0 atom stereocenters. The molecule has 2 aromatic rings. The third-order valence-electron chi connectivity index (χ3n) is 3.35. The molecule has 1 aliphatic heterocycles. The number of aliphatic imine (C=N–C) groups is 1. The van der Waals surface area contributed by atoms with Crippen LogP contribution in [0, 0.1) is 0 Å². The summed E-state index contributed by atoms with van der Waals surface area (Å²) >= 11 is 7.27. The maximum Gasteiger partial charge on any atom is 0.275 e. The highest BCUT2D eigenvalue weighted by Gasteiger charge is 2.18. The summed E-state index contributed by atoms with van der Waals surface area (Å²) in [6.45, 7) is 0.451. The number of thioether (sulfide) groups is 1. The van der Waals surface area contributed by atoms with Crippen molar-refractivity contribution in [3.8, 4) is 5.75 Å². The van der Waals surface area contributed by atoms with Gasteiger partial charge in [0, 0.05) is 5.02 Å². The van der Waals surface area contributed by atoms with Crippen molar-refractivity contribution in [3.63, 3.8) is 0 Å². The average Bonchev–Trinajstić information content (AvgIpc) is 2.95. The molecule has 1 aliphatic rings. The molecule has 0 saturated heterocycles. The monoisotopic (exact) mass is 358 g/mol. The van der Waals surface area contributed by atoms with Crippen molar-refractivity contribution in [3.05, 3.63) is 70.4 Å². The summed E-state index contributed by atoms with van der Waals surface area (Å²) in [6, 6.07) is 15.1. The molecular formula is C18H15ClN2O2S. The Morgan fingerprint density at radius 1 is 1.25 bits per heavy atom. The minimum Gasteiger partial charge on any atom is -0.489 e. The van der Waals surface area contributed by atoms with Crippen molar-refractivity contribution in [2.45, 2.75) is 6.61 Å². The van der Waals surface area contributed by atoms with Crippen LogP contribution in [0.2, 0.25) is 5.02 Å². The number of carbonyl (C=O) groups is 1. The standard InChI is InChI=1S/C18H15ClN2O2S/c1-24-18-20-16(17(22)21-18)10-13-3-2-4-15(9-13)23-11-12-5-7-14(19)8-6-12/h2-10H,11H2,1H3,(H,20,21,22)/b16-10-. The van der Waals surface area contributed by atoms with Gasteiger partial charge in [0.15, 0.2) is 5.17 Å². The first-order valence-corrected chi connectivity index (χ1v) is 8.87. The predicted molar refractivity (Wildman–Crippen MR) is 99.3 cm³/mol. The average molecular weight is 359 g/mol. The molecule has 0 radical (unpaired) electrons. The Balaban J connectivity index is 1.71. The number of halogens is 1. The minimum absolute atomic E-state index is 0.188. The van der Waals surface area contributed by atoms with E-state index in [2.05, 4.69) is 10.3 Å². The van der Waals surface area contributed by atoms with Gasteiger partial charge in [-0.1, -0.05) is 47.6 Å². The first-order valence-electron chi connectivity index (χ1n) is 7.27. The number of rotatable bonds is 4. The molecule has 122 valence electrons. The van der Waals surface area contributed by atoms with Crippen molar-refractivity contribution in [1.82, 2.24) is 5.32 Å². The number of hydrogen-bond acceptors (Lipinski definition) is 4. The summed E-state index contributed by atoms with van der Waals surface area (Å²) in [5, 5.41) is 4.02. The van der Waals surface area contributed by atoms with Gasteiger partial charge in [-0.15, -0.1) is 0 Å². The highest BCUT2D eigenvalue weighted by molar-refractivity contribution is 8.13. The zero-order valence-electron chi connectivity index (χ0n) is 13.0. The fourth-order valence-electron chi connectivity index (χ4n) is 2.14. The SMILES string of the molecule is CSC1=N/C(=C\c2cccc(OCc3ccc(Cl)cc3)c2)C(=O)N1. The van der Waals surface area contributed by atoms with Crippen LogP contribution in [0.25, 0.3) is 6.08 Å². The molecule has 0 unspecified atom stereocenters. The van der Waals surface area contributed by atoms with Crippen molar-refractivity contribution in [1.29, 1.82) is 0 Å². The maximum atomic E-state index is 11.8. The van der Waals surface area contributed by atoms with Crippen LogP contribution >= 0.6 is 23.4 Å². The highest BCUT2D eigenvalue weighted by Crippen LogP contribution is 2.20. The summed E-state index contributed by atoms with van der Waals surface area (Å²) in [4.78, 5) is 16.1. The molecule has 1 heterocycles. The van der Waals surface area contributed by atoms with E-state index >= 15 is 0 Å². The molecule has 2 aromatic carbocycles. The minimum atomic E-state index is -0.188. The van der Waals surface area contributed by atoms with Crippen LogP contribution in [0.15, 0.2) is 59.2 Å². The van der Waals surface area contributed by atoms with E-state index < -0.39 is 0 Å². The van der Waals surface area contributed by atoms with E-state index in [0.717, 1.165) is 16.9 Å². The van der Waals surface area contributed by atoms with Crippen molar-refractivity contribution in [2.75, 3.05) is 6.26 Å². The van der Waals surface area contributed by atoms with Gasteiger partial charge in [-0.2, -0.15) is 0 Å². The molecule has 0 saturated carbocycles. The summed E-state index contributed by atoms with van der Waals surface area (Å²) in [5.74, 6) is 0.540. The number of nitrogens with zero attached hydrogens (tertiary/aromatic N) is 1. The Kier molecular flexibility index (Phi) is 5.23. The third kappa shape index (κ3) is 4.19. The van der Waals surface area contributed by atoms with Crippen LogP contribution in [0.5, 0.6) is 5.75 Å². The van der Waals surface area contributed by atoms with E-state index in [9.17, 15) is 4.79 Å². The normalized spacial score (nSPS) is 15.3. The highest BCUT2D eigenvalue weighted by atomic mass is 35.5. The molecule has 6 heteroatoms. The second kappa shape index (κ2) is 7.55. The number of ether oxygens (including phenoxy) is 1. The molecule has 0 bridgehead atoms. The van der Waals surface area contributed by atoms with Gasteiger partial charge >= 0.3 is 0 Å². The van der Waals surface area contributed by atoms with E-state index in [4.69, 9.17) is 16.3 Å². The lowest BCUT2D eigenvalue weighted by molar-refractivity contribution is -0.115. The van der Waals surface area contributed by atoms with E-state index in [0.29, 0.717) is 22.5 Å². The van der Waals surface area contributed by atoms with Gasteiger partial charge in [-0.3, -0.25) is 10.1 Å². The van der Waals surface area contributed by atoms with Crippen LogP contribution in [-0.4, -0.2) is 17.3 Å². The molecular weight excluding hydrogens is 344 g/mol. The van der Waals surface area contributed by atoms with Gasteiger partial charge in [0.25, 0.3) is 5.91 Å². The predicted octanol–water partition coefficient (Wildman–Crippen LogP) is 4.11. The van der Waals surface area contributed by atoms with Crippen molar-refractivity contribution < 1.29 is 9.53 Å². The lowest BCUT2D eigenvalue weighted by atomic mass is 10.2. The molecule has 0 aliphatic carbocycles. The summed E-state index contributed by atoms with van der Waals surface area (Å²) in [6.07, 6.45) is 3.61. The second-order valence-corrected chi connectivity index (χ2v) is 6.32. The fourth-order valence-corrected chi connectivity index (χ4v) is 2.65. The number of amides is 1. The zero-order chi connectivity index (χ0) is 16.9. The molecule has 1 amide bonds. The fraction of sp³-hybridized carbons (Fsp3) is 0.111. The topological polar surface area (TPSA) is 50.7 Å². The van der Waals surface area contributed by atoms with Crippen LogP contribution in [-0.2, 0) is 11.4 Å². The van der Waals surface area contributed by atoms with Crippen LogP contribution in [0.3, 0.4) is 0 Å². The Morgan fingerprint density at radius 3 is 2.75 bits per heavy atom. The van der Waals surface area contributed by atoms with Gasteiger partial charge in [0.1, 0.15) is 18.1 Å². The largest absolute Gasteiger partial charge is 0.489 e. The first-order chi connectivity index (χ1) is 11.6. The van der Waals surface area contributed by atoms with Gasteiger partial charge in [-0.25, -0.2) is 4.99 Å². The number of nitrogens with one attached hydrogen (secondary N) is 1. The zero-order valence-corrected chi connectivity index (χ0v) is 14.5. The van der Waals surface area contributed by atoms with Gasteiger partial charge < -0.3 is 4.74 Å².